The van der Waals surface area contributed by atoms with Crippen molar-refractivity contribution in [2.24, 2.45) is 10.8 Å². The fourth-order valence-electron chi connectivity index (χ4n) is 4.24. The van der Waals surface area contributed by atoms with Gasteiger partial charge in [-0.05, 0) is 71.8 Å². The topological polar surface area (TPSA) is 76.7 Å². The molecule has 0 aliphatic heterocycles. The van der Waals surface area contributed by atoms with E-state index >= 15 is 0 Å². The van der Waals surface area contributed by atoms with Crippen LogP contribution in [0.1, 0.15) is 94.4 Å². The van der Waals surface area contributed by atoms with Crippen molar-refractivity contribution >= 4 is 11.7 Å². The Morgan fingerprint density at radius 3 is 1.81 bits per heavy atom. The average Bonchev–Trinajstić information content (AvgIpc) is 2.50. The molecule has 0 aromatic heterocycles. The fourth-order valence-corrected chi connectivity index (χ4v) is 4.24. The van der Waals surface area contributed by atoms with E-state index in [2.05, 4.69) is 66.0 Å². The predicted octanol–water partition coefficient (Wildman–Crippen LogP) is 4.50. The lowest BCUT2D eigenvalue weighted by molar-refractivity contribution is -0.123. The molecule has 0 aliphatic rings. The maximum Gasteiger partial charge on any atom is 0.220 e. The Hall–Kier alpha value is -0.980. The van der Waals surface area contributed by atoms with Crippen molar-refractivity contribution in [3.8, 4) is 0 Å². The number of amides is 1. The summed E-state index contributed by atoms with van der Waals surface area (Å²) in [4.78, 5) is 24.0. The molecule has 31 heavy (non-hydrogen) atoms. The molecule has 184 valence electrons. The second kappa shape index (κ2) is 12.9. The van der Waals surface area contributed by atoms with Gasteiger partial charge in [0.2, 0.25) is 5.91 Å². The molecule has 0 radical (unpaired) electrons. The fraction of sp³-hybridized carbons (Fsp3) is 0.920. The van der Waals surface area contributed by atoms with E-state index in [0.717, 1.165) is 25.8 Å². The molecule has 0 bridgehead atoms. The SMILES string of the molecule is CNCCOC(C)(C)CCOC(C)(C)CCNC(=O)CC(C)(C)CC(C)(C)CC(C)=O. The summed E-state index contributed by atoms with van der Waals surface area (Å²) in [5, 5.41) is 6.13. The largest absolute Gasteiger partial charge is 0.375 e. The maximum absolute atomic E-state index is 12.5. The lowest BCUT2D eigenvalue weighted by atomic mass is 9.71. The van der Waals surface area contributed by atoms with E-state index in [9.17, 15) is 9.59 Å². The number of ketones is 1. The van der Waals surface area contributed by atoms with Crippen molar-refractivity contribution in [3.05, 3.63) is 0 Å². The number of hydrogen-bond acceptors (Lipinski definition) is 5. The van der Waals surface area contributed by atoms with Gasteiger partial charge in [0.05, 0.1) is 24.4 Å². The van der Waals surface area contributed by atoms with Crippen LogP contribution in [-0.2, 0) is 19.1 Å². The van der Waals surface area contributed by atoms with Crippen LogP contribution in [0.3, 0.4) is 0 Å². The maximum atomic E-state index is 12.5. The number of likely N-dealkylation sites (N-methyl/N-ethyl adjacent to an activating group) is 1. The number of Topliss-reactive ketones (excluding diaryl/α,β-unsaturated/α-hetero) is 1. The van der Waals surface area contributed by atoms with Crippen LogP contribution in [0.25, 0.3) is 0 Å². The van der Waals surface area contributed by atoms with Crippen molar-refractivity contribution in [1.82, 2.24) is 10.6 Å². The van der Waals surface area contributed by atoms with E-state index < -0.39 is 0 Å². The third-order valence-electron chi connectivity index (χ3n) is 5.41. The quantitative estimate of drug-likeness (QED) is 0.324. The molecule has 1 amide bonds. The Morgan fingerprint density at radius 1 is 0.742 bits per heavy atom. The van der Waals surface area contributed by atoms with E-state index in [-0.39, 0.29) is 33.7 Å². The molecule has 0 spiro atoms. The summed E-state index contributed by atoms with van der Waals surface area (Å²) in [6.45, 7) is 21.0. The highest BCUT2D eigenvalue weighted by molar-refractivity contribution is 5.77. The van der Waals surface area contributed by atoms with Crippen LogP contribution in [-0.4, -0.2) is 56.2 Å². The van der Waals surface area contributed by atoms with E-state index in [4.69, 9.17) is 9.47 Å². The summed E-state index contributed by atoms with van der Waals surface area (Å²) in [7, 11) is 1.91. The van der Waals surface area contributed by atoms with E-state index in [0.29, 0.717) is 32.6 Å². The molecule has 0 atom stereocenters. The normalized spacial score (nSPS) is 13.4. The standard InChI is InChI=1S/C25H50N2O4/c1-20(28)17-22(2,3)19-23(4,5)18-21(29)27-13-11-24(6,7)30-15-12-25(8,9)31-16-14-26-10/h26H,11-19H2,1-10H3,(H,27,29). The number of nitrogens with one attached hydrogen (secondary N) is 2. The minimum atomic E-state index is -0.312. The van der Waals surface area contributed by atoms with Gasteiger partial charge in [0.15, 0.2) is 0 Å². The minimum absolute atomic E-state index is 0.0542. The van der Waals surface area contributed by atoms with Crippen LogP contribution in [0.5, 0.6) is 0 Å². The number of ether oxygens (including phenoxy) is 2. The van der Waals surface area contributed by atoms with Crippen LogP contribution < -0.4 is 10.6 Å². The van der Waals surface area contributed by atoms with Crippen LogP contribution in [0.15, 0.2) is 0 Å². The third kappa shape index (κ3) is 16.3. The van der Waals surface area contributed by atoms with Crippen LogP contribution >= 0.6 is 0 Å². The second-order valence-corrected chi connectivity index (χ2v) is 11.7. The van der Waals surface area contributed by atoms with Gasteiger partial charge < -0.3 is 24.9 Å². The molecule has 0 rings (SSSR count). The van der Waals surface area contributed by atoms with Gasteiger partial charge in [-0.25, -0.2) is 0 Å². The summed E-state index contributed by atoms with van der Waals surface area (Å²) in [6, 6.07) is 0. The molecule has 6 heteroatoms. The van der Waals surface area contributed by atoms with Gasteiger partial charge in [0.1, 0.15) is 5.78 Å². The Bertz CT molecular complexity index is 554. The summed E-state index contributed by atoms with van der Waals surface area (Å²) >= 11 is 0. The summed E-state index contributed by atoms with van der Waals surface area (Å²) in [6.07, 6.45) is 3.38. The Morgan fingerprint density at radius 2 is 1.26 bits per heavy atom. The van der Waals surface area contributed by atoms with E-state index in [1.54, 1.807) is 6.92 Å². The first-order valence-electron chi connectivity index (χ1n) is 11.7. The molecule has 0 unspecified atom stereocenters. The van der Waals surface area contributed by atoms with Crippen molar-refractivity contribution in [1.29, 1.82) is 0 Å². The number of carbonyl (C=O) groups is 2. The summed E-state index contributed by atoms with van der Waals surface area (Å²) < 4.78 is 12.0. The monoisotopic (exact) mass is 442 g/mol. The molecule has 0 aliphatic carbocycles. The van der Waals surface area contributed by atoms with Gasteiger partial charge in [-0.15, -0.1) is 0 Å². The lowest BCUT2D eigenvalue weighted by Crippen LogP contribution is -2.37. The molecule has 0 saturated heterocycles. The molecule has 2 N–H and O–H groups in total. The molecule has 0 aromatic rings. The molecule has 0 heterocycles. The second-order valence-electron chi connectivity index (χ2n) is 11.7. The van der Waals surface area contributed by atoms with Gasteiger partial charge in [0.25, 0.3) is 0 Å². The summed E-state index contributed by atoms with van der Waals surface area (Å²) in [5.74, 6) is 0.249. The van der Waals surface area contributed by atoms with Gasteiger partial charge in [-0.1, -0.05) is 27.7 Å². The average molecular weight is 443 g/mol. The highest BCUT2D eigenvalue weighted by Crippen LogP contribution is 2.38. The van der Waals surface area contributed by atoms with Gasteiger partial charge in [-0.3, -0.25) is 4.79 Å². The molecular weight excluding hydrogens is 392 g/mol. The van der Waals surface area contributed by atoms with Crippen molar-refractivity contribution in [3.63, 3.8) is 0 Å². The third-order valence-corrected chi connectivity index (χ3v) is 5.41. The van der Waals surface area contributed by atoms with Crippen molar-refractivity contribution in [2.75, 3.05) is 33.4 Å². The summed E-state index contributed by atoms with van der Waals surface area (Å²) in [5.41, 5.74) is -0.792. The van der Waals surface area contributed by atoms with Gasteiger partial charge in [-0.2, -0.15) is 0 Å². The van der Waals surface area contributed by atoms with E-state index in [1.807, 2.05) is 7.05 Å². The smallest absolute Gasteiger partial charge is 0.220 e. The van der Waals surface area contributed by atoms with Gasteiger partial charge >= 0.3 is 0 Å². The zero-order valence-corrected chi connectivity index (χ0v) is 22.0. The first kappa shape index (κ1) is 30.0. The van der Waals surface area contributed by atoms with Crippen LogP contribution in [0.4, 0.5) is 0 Å². The highest BCUT2D eigenvalue weighted by Gasteiger charge is 2.31. The molecule has 6 nitrogen and oxygen atoms in total. The number of hydrogen-bond donors (Lipinski definition) is 2. The number of rotatable bonds is 17. The first-order chi connectivity index (χ1) is 14.0. The Kier molecular flexibility index (Phi) is 12.5. The molecular formula is C25H50N2O4. The number of carbonyl (C=O) groups excluding carboxylic acids is 2. The Labute approximate surface area is 191 Å². The van der Waals surface area contributed by atoms with Gasteiger partial charge in [0, 0.05) is 25.9 Å². The molecule has 0 fully saturated rings. The first-order valence-corrected chi connectivity index (χ1v) is 11.7. The molecule has 0 aromatic carbocycles. The van der Waals surface area contributed by atoms with Crippen LogP contribution in [0.2, 0.25) is 0 Å². The Balaban J connectivity index is 4.31. The molecule has 0 saturated carbocycles. The lowest BCUT2D eigenvalue weighted by Gasteiger charge is -2.34. The van der Waals surface area contributed by atoms with Crippen molar-refractivity contribution < 1.29 is 19.1 Å². The highest BCUT2D eigenvalue weighted by atomic mass is 16.5. The zero-order valence-electron chi connectivity index (χ0n) is 22.0. The minimum Gasteiger partial charge on any atom is -0.375 e. The zero-order chi connectivity index (χ0) is 24.3. The van der Waals surface area contributed by atoms with E-state index in [1.165, 1.54) is 0 Å². The predicted molar refractivity (Wildman–Crippen MR) is 128 cm³/mol. The van der Waals surface area contributed by atoms with Crippen molar-refractivity contribution in [2.45, 2.75) is 106 Å². The van der Waals surface area contributed by atoms with Crippen LogP contribution in [0, 0.1) is 10.8 Å².